The van der Waals surface area contributed by atoms with Crippen LogP contribution in [0.15, 0.2) is 0 Å². The van der Waals surface area contributed by atoms with Crippen LogP contribution in [0.5, 0.6) is 0 Å². The first-order valence-corrected chi connectivity index (χ1v) is 22.6. The molecule has 0 bridgehead atoms. The number of likely N-dealkylation sites (tertiary alicyclic amines) is 2. The van der Waals surface area contributed by atoms with E-state index in [1.54, 1.807) is 4.90 Å². The van der Waals surface area contributed by atoms with Crippen molar-refractivity contribution in [2.75, 3.05) is 26.2 Å². The minimum Gasteiger partial charge on any atom is -0.342 e. The van der Waals surface area contributed by atoms with Crippen LogP contribution in [0.1, 0.15) is 134 Å². The van der Waals surface area contributed by atoms with Gasteiger partial charge in [-0.25, -0.2) is 4.72 Å². The highest BCUT2D eigenvalue weighted by molar-refractivity contribution is 7.87. The summed E-state index contributed by atoms with van der Waals surface area (Å²) in [7, 11) is -4.07. The van der Waals surface area contributed by atoms with Crippen molar-refractivity contribution in [3.8, 4) is 0 Å². The number of carbonyl (C=O) groups excluding carboxylic acids is 5. The van der Waals surface area contributed by atoms with E-state index in [1.165, 1.54) is 4.31 Å². The largest absolute Gasteiger partial charge is 0.342 e. The Morgan fingerprint density at radius 3 is 1.84 bits per heavy atom. The van der Waals surface area contributed by atoms with Crippen LogP contribution >= 0.6 is 0 Å². The molecule has 0 aromatic heterocycles. The molecule has 4 N–H and O–H groups in total. The van der Waals surface area contributed by atoms with E-state index in [0.29, 0.717) is 45.3 Å². The molecule has 6 fully saturated rings. The maximum absolute atomic E-state index is 15.1. The van der Waals surface area contributed by atoms with Crippen LogP contribution in [-0.4, -0.2) is 114 Å². The molecule has 0 aromatic carbocycles. The van der Waals surface area contributed by atoms with E-state index in [0.717, 1.165) is 38.6 Å². The Morgan fingerprint density at radius 2 is 1.39 bits per heavy atom. The maximum atomic E-state index is 15.1. The Bertz CT molecular complexity index is 1720. The van der Waals surface area contributed by atoms with Gasteiger partial charge in [0, 0.05) is 37.6 Å². The monoisotopic (exact) mass is 803 g/mol. The summed E-state index contributed by atoms with van der Waals surface area (Å²) in [6.07, 6.45) is 6.53. The molecule has 14 nitrogen and oxygen atoms in total. The molecule has 0 aromatic rings. The van der Waals surface area contributed by atoms with Crippen LogP contribution in [-0.2, 0) is 34.2 Å². The number of carbonyl (C=O) groups is 5. The molecule has 316 valence electrons. The summed E-state index contributed by atoms with van der Waals surface area (Å²) in [5.41, 5.74) is -3.32. The van der Waals surface area contributed by atoms with Crippen molar-refractivity contribution in [1.29, 1.82) is 0 Å². The van der Waals surface area contributed by atoms with Crippen LogP contribution in [0.25, 0.3) is 0 Å². The van der Waals surface area contributed by atoms with Crippen molar-refractivity contribution in [2.24, 2.45) is 33.0 Å². The predicted octanol–water partition coefficient (Wildman–Crippen LogP) is 3.07. The fourth-order valence-electron chi connectivity index (χ4n) is 11.1. The lowest BCUT2D eigenvalue weighted by Gasteiger charge is -2.44. The van der Waals surface area contributed by atoms with Crippen LogP contribution in [0.2, 0.25) is 0 Å². The molecule has 7 atom stereocenters. The van der Waals surface area contributed by atoms with Gasteiger partial charge in [0.25, 0.3) is 5.91 Å². The molecule has 3 saturated heterocycles. The minimum atomic E-state index is -4.07. The molecule has 0 unspecified atom stereocenters. The summed E-state index contributed by atoms with van der Waals surface area (Å²) < 4.78 is 29.9. The number of hydrogen-bond donors (Lipinski definition) is 4. The summed E-state index contributed by atoms with van der Waals surface area (Å²) in [6.45, 7) is 23.5. The number of amides is 5. The number of hydrogen-bond acceptors (Lipinski definition) is 8. The van der Waals surface area contributed by atoms with E-state index in [2.05, 4.69) is 39.4 Å². The average Bonchev–Trinajstić information content (AvgIpc) is 3.51. The average molecular weight is 804 g/mol. The van der Waals surface area contributed by atoms with Crippen LogP contribution in [0, 0.1) is 33.0 Å². The summed E-state index contributed by atoms with van der Waals surface area (Å²) in [5.74, 6) is -2.55. The molecule has 3 aliphatic heterocycles. The van der Waals surface area contributed by atoms with Gasteiger partial charge in [-0.3, -0.25) is 28.9 Å². The lowest BCUT2D eigenvalue weighted by atomic mass is 9.73. The molecule has 3 saturated carbocycles. The zero-order valence-electron chi connectivity index (χ0n) is 35.8. The van der Waals surface area contributed by atoms with E-state index in [4.69, 9.17) is 0 Å². The molecule has 3 aliphatic carbocycles. The highest BCUT2D eigenvalue weighted by atomic mass is 32.2. The highest BCUT2D eigenvalue weighted by Crippen LogP contribution is 2.88. The quantitative estimate of drug-likeness (QED) is 0.233. The van der Waals surface area contributed by atoms with Crippen LogP contribution in [0.4, 0.5) is 0 Å². The van der Waals surface area contributed by atoms with Gasteiger partial charge in [0.2, 0.25) is 23.6 Å². The molecule has 5 amide bonds. The van der Waals surface area contributed by atoms with Gasteiger partial charge in [0.05, 0.1) is 6.04 Å². The summed E-state index contributed by atoms with van der Waals surface area (Å²) in [4.78, 5) is 75.2. The highest BCUT2D eigenvalue weighted by Gasteiger charge is 2.85. The van der Waals surface area contributed by atoms with Gasteiger partial charge in [-0.2, -0.15) is 12.7 Å². The lowest BCUT2D eigenvalue weighted by molar-refractivity contribution is -0.146. The van der Waals surface area contributed by atoms with Gasteiger partial charge in [-0.05, 0) is 86.4 Å². The van der Waals surface area contributed by atoms with E-state index >= 15 is 4.79 Å². The molecule has 2 spiro atoms. The van der Waals surface area contributed by atoms with Gasteiger partial charge in [-0.1, -0.05) is 75.2 Å². The molecular weight excluding hydrogens is 735 g/mol. The minimum absolute atomic E-state index is 0.00849. The molecule has 3 heterocycles. The fraction of sp³-hybridized carbons (Fsp3) is 0.878. The first-order valence-electron chi connectivity index (χ1n) is 21.1. The summed E-state index contributed by atoms with van der Waals surface area (Å²) >= 11 is 0. The van der Waals surface area contributed by atoms with Gasteiger partial charge in [-0.15, -0.1) is 0 Å². The standard InChI is InChI=1S/C41H69N7O7S/c1-12-26-22-41(26,35(53)45-56(54,55)46-19-13-14-20-46)44-32(50)28-23-40(38(10,11)39(40)17-15-18-39)24-48(28)34(52)30(37(7,8)9)43-33(51)29(36(4,5)6)42-31(49)27-16-21-47(27)25(2)3/h25-30H,12-24H2,1-11H3,(H,42,49)(H,43,51)(H,44,50)(H,45,53)/t26-,27-,28+,29-,30-,40-,41-/m1/s1. The van der Waals surface area contributed by atoms with E-state index in [-0.39, 0.29) is 46.1 Å². The van der Waals surface area contributed by atoms with Crippen molar-refractivity contribution in [1.82, 2.24) is 34.8 Å². The predicted molar refractivity (Wildman–Crippen MR) is 213 cm³/mol. The van der Waals surface area contributed by atoms with Gasteiger partial charge >= 0.3 is 10.2 Å². The maximum Gasteiger partial charge on any atom is 0.303 e. The summed E-state index contributed by atoms with van der Waals surface area (Å²) in [5, 5.41) is 9.08. The van der Waals surface area contributed by atoms with Crippen molar-refractivity contribution < 1.29 is 32.4 Å². The molecular formula is C41H69N7O7S. The first kappa shape index (κ1) is 42.8. The molecule has 15 heteroatoms. The fourth-order valence-corrected chi connectivity index (χ4v) is 12.4. The molecule has 0 radical (unpaired) electrons. The SMILES string of the molecule is CC[C@@H]1C[C@]1(NC(=O)[C@@H]1C[C@@]2(CN1C(=O)[C@@H](NC(=O)[C@@H](NC(=O)[C@H]1CCN1C(C)C)C(C)(C)C)C(C)(C)C)C(C)(C)C21CCC1)C(=O)NS(=O)(=O)N1CCCC1. The third-order valence-corrected chi connectivity index (χ3v) is 16.7. The second-order valence-electron chi connectivity index (χ2n) is 20.9. The Morgan fingerprint density at radius 1 is 0.786 bits per heavy atom. The third kappa shape index (κ3) is 6.86. The second-order valence-corrected chi connectivity index (χ2v) is 22.6. The number of rotatable bonds is 12. The van der Waals surface area contributed by atoms with E-state index in [9.17, 15) is 27.6 Å². The van der Waals surface area contributed by atoms with E-state index in [1.807, 2.05) is 62.3 Å². The second kappa shape index (κ2) is 14.2. The normalized spacial score (nSPS) is 32.0. The topological polar surface area (TPSA) is 177 Å². The van der Waals surface area contributed by atoms with Gasteiger partial charge < -0.3 is 20.9 Å². The Balaban J connectivity index is 1.26. The Labute approximate surface area is 334 Å². The third-order valence-electron chi connectivity index (χ3n) is 15.2. The van der Waals surface area contributed by atoms with Crippen molar-refractivity contribution in [3.63, 3.8) is 0 Å². The van der Waals surface area contributed by atoms with E-state index < -0.39 is 62.4 Å². The molecule has 56 heavy (non-hydrogen) atoms. The van der Waals surface area contributed by atoms with Crippen molar-refractivity contribution in [3.05, 3.63) is 0 Å². The van der Waals surface area contributed by atoms with Crippen LogP contribution < -0.4 is 20.7 Å². The number of nitrogens with one attached hydrogen (secondary N) is 4. The van der Waals surface area contributed by atoms with Crippen molar-refractivity contribution in [2.45, 2.75) is 170 Å². The zero-order valence-corrected chi connectivity index (χ0v) is 36.6. The zero-order chi connectivity index (χ0) is 41.6. The van der Waals surface area contributed by atoms with Gasteiger partial charge in [0.15, 0.2) is 0 Å². The smallest absolute Gasteiger partial charge is 0.303 e. The van der Waals surface area contributed by atoms with Crippen LogP contribution in [0.3, 0.4) is 0 Å². The Kier molecular flexibility index (Phi) is 10.9. The lowest BCUT2D eigenvalue weighted by Crippen LogP contribution is -2.65. The number of fused-ring (bicyclic) bond motifs is 1. The summed E-state index contributed by atoms with van der Waals surface area (Å²) in [6, 6.07) is -3.03. The molecule has 6 rings (SSSR count). The number of nitrogens with zero attached hydrogens (tertiary/aromatic N) is 3. The van der Waals surface area contributed by atoms with Gasteiger partial charge in [0.1, 0.15) is 23.7 Å². The Hall–Kier alpha value is -2.78. The first-order chi connectivity index (χ1) is 25.8. The molecule has 6 aliphatic rings. The van der Waals surface area contributed by atoms with Crippen molar-refractivity contribution >= 4 is 39.7 Å².